The highest BCUT2D eigenvalue weighted by molar-refractivity contribution is 5.99. The van der Waals surface area contributed by atoms with Crippen LogP contribution in [0.3, 0.4) is 0 Å². The number of ether oxygens (including phenoxy) is 1. The number of para-hydroxylation sites is 2. The van der Waals surface area contributed by atoms with E-state index >= 15 is 0 Å². The zero-order valence-corrected chi connectivity index (χ0v) is 18.1. The van der Waals surface area contributed by atoms with Crippen LogP contribution in [-0.2, 0) is 9.59 Å². The molecule has 0 unspecified atom stereocenters. The van der Waals surface area contributed by atoms with Crippen molar-refractivity contribution < 1.29 is 19.1 Å². The Labute approximate surface area is 182 Å². The van der Waals surface area contributed by atoms with Gasteiger partial charge in [-0.1, -0.05) is 35.9 Å². The first-order valence-electron chi connectivity index (χ1n) is 10.9. The van der Waals surface area contributed by atoms with Gasteiger partial charge in [0.15, 0.2) is 12.4 Å². The Hall–Kier alpha value is -3.15. The Morgan fingerprint density at radius 3 is 2.55 bits per heavy atom. The summed E-state index contributed by atoms with van der Waals surface area (Å²) in [4.78, 5) is 41.4. The molecule has 0 bridgehead atoms. The van der Waals surface area contributed by atoms with Gasteiger partial charge in [0.1, 0.15) is 5.75 Å². The van der Waals surface area contributed by atoms with E-state index < -0.39 is 0 Å². The molecule has 2 heterocycles. The van der Waals surface area contributed by atoms with Gasteiger partial charge in [-0.15, -0.1) is 0 Å². The Morgan fingerprint density at radius 1 is 1.06 bits per heavy atom. The number of likely N-dealkylation sites (tertiary alicyclic amines) is 1. The maximum absolute atomic E-state index is 12.9. The third kappa shape index (κ3) is 4.48. The predicted octanol–water partition coefficient (Wildman–Crippen LogP) is 3.54. The lowest BCUT2D eigenvalue weighted by molar-refractivity contribution is -0.132. The number of carbonyl (C=O) groups excluding carboxylic acids is 3. The van der Waals surface area contributed by atoms with Gasteiger partial charge in [0.25, 0.3) is 5.91 Å². The van der Waals surface area contributed by atoms with Gasteiger partial charge in [-0.25, -0.2) is 0 Å². The maximum atomic E-state index is 12.9. The maximum Gasteiger partial charge on any atom is 0.265 e. The molecule has 0 spiro atoms. The molecule has 1 saturated heterocycles. The van der Waals surface area contributed by atoms with Crippen molar-refractivity contribution in [2.24, 2.45) is 5.92 Å². The summed E-state index contributed by atoms with van der Waals surface area (Å²) in [7, 11) is 0. The lowest BCUT2D eigenvalue weighted by atomic mass is 9.87. The Kier molecular flexibility index (Phi) is 6.07. The minimum atomic E-state index is -0.135. The number of aryl methyl sites for hydroxylation is 2. The second-order valence-electron chi connectivity index (χ2n) is 8.39. The molecular formula is C25H28N2O4. The normalized spacial score (nSPS) is 16.6. The Morgan fingerprint density at radius 2 is 1.81 bits per heavy atom. The highest BCUT2D eigenvalue weighted by Crippen LogP contribution is 2.31. The summed E-state index contributed by atoms with van der Waals surface area (Å²) in [5.41, 5.74) is 3.67. The van der Waals surface area contributed by atoms with Crippen LogP contribution < -0.4 is 9.64 Å². The molecule has 0 saturated carbocycles. The monoisotopic (exact) mass is 420 g/mol. The van der Waals surface area contributed by atoms with Crippen LogP contribution in [0.5, 0.6) is 5.75 Å². The molecular weight excluding hydrogens is 392 g/mol. The number of benzene rings is 2. The van der Waals surface area contributed by atoms with Gasteiger partial charge in [-0.3, -0.25) is 14.4 Å². The van der Waals surface area contributed by atoms with E-state index in [1.807, 2.05) is 61.2 Å². The Bertz CT molecular complexity index is 1010. The first kappa shape index (κ1) is 21.1. The summed E-state index contributed by atoms with van der Waals surface area (Å²) in [5.74, 6) is 0.692. The number of rotatable bonds is 5. The van der Waals surface area contributed by atoms with Crippen molar-refractivity contribution in [3.63, 3.8) is 0 Å². The van der Waals surface area contributed by atoms with Crippen LogP contribution in [0.2, 0.25) is 0 Å². The van der Waals surface area contributed by atoms with Crippen LogP contribution >= 0.6 is 0 Å². The van der Waals surface area contributed by atoms with E-state index in [0.717, 1.165) is 16.7 Å². The van der Waals surface area contributed by atoms with Gasteiger partial charge in [0.05, 0.1) is 5.69 Å². The van der Waals surface area contributed by atoms with Crippen molar-refractivity contribution in [2.45, 2.75) is 33.1 Å². The van der Waals surface area contributed by atoms with E-state index in [1.165, 1.54) is 0 Å². The van der Waals surface area contributed by atoms with Gasteiger partial charge in [-0.05, 0) is 44.4 Å². The summed E-state index contributed by atoms with van der Waals surface area (Å²) in [6.07, 6.45) is 1.62. The van der Waals surface area contributed by atoms with Crippen molar-refractivity contribution in [1.29, 1.82) is 0 Å². The number of Topliss-reactive ketones (excluding diaryl/α,β-unsaturated/α-hetero) is 1. The molecule has 2 aliphatic rings. The topological polar surface area (TPSA) is 66.9 Å². The van der Waals surface area contributed by atoms with E-state index in [-0.39, 0.29) is 36.5 Å². The van der Waals surface area contributed by atoms with Crippen LogP contribution in [0.4, 0.5) is 5.69 Å². The number of hydrogen-bond acceptors (Lipinski definition) is 4. The number of nitrogens with zero attached hydrogens (tertiary/aromatic N) is 2. The van der Waals surface area contributed by atoms with Crippen LogP contribution in [0.1, 0.15) is 40.7 Å². The SMILES string of the molecule is Cc1ccc(C(=O)C2CCN(C(=O)CCN3C(=O)COc4ccccc43)CC2)c(C)c1. The third-order valence-electron chi connectivity index (χ3n) is 6.22. The largest absolute Gasteiger partial charge is 0.482 e. The average molecular weight is 421 g/mol. The number of anilines is 1. The zero-order chi connectivity index (χ0) is 22.0. The van der Waals surface area contributed by atoms with E-state index in [4.69, 9.17) is 4.74 Å². The number of fused-ring (bicyclic) bond motifs is 1. The molecule has 2 aromatic rings. The molecule has 2 aromatic carbocycles. The molecule has 162 valence electrons. The second-order valence-corrected chi connectivity index (χ2v) is 8.39. The fourth-order valence-corrected chi connectivity index (χ4v) is 4.47. The second kappa shape index (κ2) is 8.92. The Balaban J connectivity index is 1.32. The van der Waals surface area contributed by atoms with Crippen molar-refractivity contribution in [2.75, 3.05) is 31.1 Å². The van der Waals surface area contributed by atoms with E-state index in [0.29, 0.717) is 43.9 Å². The smallest absolute Gasteiger partial charge is 0.265 e. The van der Waals surface area contributed by atoms with Crippen LogP contribution in [-0.4, -0.2) is 48.7 Å². The molecule has 6 heteroatoms. The highest BCUT2D eigenvalue weighted by Gasteiger charge is 2.30. The summed E-state index contributed by atoms with van der Waals surface area (Å²) in [5, 5.41) is 0. The highest BCUT2D eigenvalue weighted by atomic mass is 16.5. The molecule has 0 radical (unpaired) electrons. The van der Waals surface area contributed by atoms with Gasteiger partial charge in [0, 0.05) is 37.5 Å². The molecule has 0 N–H and O–H groups in total. The van der Waals surface area contributed by atoms with Crippen LogP contribution in [0.15, 0.2) is 42.5 Å². The molecule has 31 heavy (non-hydrogen) atoms. The van der Waals surface area contributed by atoms with Gasteiger partial charge in [0.2, 0.25) is 5.91 Å². The summed E-state index contributed by atoms with van der Waals surface area (Å²) >= 11 is 0. The fraction of sp³-hybridized carbons (Fsp3) is 0.400. The van der Waals surface area contributed by atoms with Crippen molar-refractivity contribution in [3.8, 4) is 5.75 Å². The third-order valence-corrected chi connectivity index (χ3v) is 6.22. The van der Waals surface area contributed by atoms with Crippen LogP contribution in [0, 0.1) is 19.8 Å². The van der Waals surface area contributed by atoms with Crippen molar-refractivity contribution in [3.05, 3.63) is 59.2 Å². The number of ketones is 1. The van der Waals surface area contributed by atoms with E-state index in [9.17, 15) is 14.4 Å². The van der Waals surface area contributed by atoms with Gasteiger partial charge in [-0.2, -0.15) is 0 Å². The molecule has 1 fully saturated rings. The molecule has 6 nitrogen and oxygen atoms in total. The molecule has 0 aromatic heterocycles. The molecule has 4 rings (SSSR count). The van der Waals surface area contributed by atoms with Crippen LogP contribution in [0.25, 0.3) is 0 Å². The van der Waals surface area contributed by atoms with Gasteiger partial charge >= 0.3 is 0 Å². The minimum absolute atomic E-state index is 0.00284. The van der Waals surface area contributed by atoms with E-state index in [2.05, 4.69) is 0 Å². The molecule has 2 aliphatic heterocycles. The molecule has 0 atom stereocenters. The number of amides is 2. The van der Waals surface area contributed by atoms with Crippen molar-refractivity contribution in [1.82, 2.24) is 4.90 Å². The zero-order valence-electron chi connectivity index (χ0n) is 18.1. The first-order chi connectivity index (χ1) is 14.9. The summed E-state index contributed by atoms with van der Waals surface area (Å²) in [6.45, 7) is 5.48. The summed E-state index contributed by atoms with van der Waals surface area (Å²) < 4.78 is 5.46. The van der Waals surface area contributed by atoms with E-state index in [1.54, 1.807) is 4.90 Å². The lowest BCUT2D eigenvalue weighted by Gasteiger charge is -2.33. The first-order valence-corrected chi connectivity index (χ1v) is 10.9. The van der Waals surface area contributed by atoms with Gasteiger partial charge < -0.3 is 14.5 Å². The minimum Gasteiger partial charge on any atom is -0.482 e. The fourth-order valence-electron chi connectivity index (χ4n) is 4.47. The number of piperidine rings is 1. The quantitative estimate of drug-likeness (QED) is 0.694. The standard InChI is InChI=1S/C25H28N2O4/c1-17-7-8-20(18(2)15-17)25(30)19-9-12-26(13-10-19)23(28)11-14-27-21-5-3-4-6-22(21)31-16-24(27)29/h3-8,15,19H,9-14,16H2,1-2H3. The molecule has 0 aliphatic carbocycles. The lowest BCUT2D eigenvalue weighted by Crippen LogP contribution is -2.44. The number of hydrogen-bond donors (Lipinski definition) is 0. The molecule has 2 amide bonds. The summed E-state index contributed by atoms with van der Waals surface area (Å²) in [6, 6.07) is 13.3. The average Bonchev–Trinajstić information content (AvgIpc) is 2.78. The van der Waals surface area contributed by atoms with Crippen molar-refractivity contribution >= 4 is 23.3 Å². The number of carbonyl (C=O) groups is 3. The predicted molar refractivity (Wildman–Crippen MR) is 118 cm³/mol.